The van der Waals surface area contributed by atoms with Crippen molar-refractivity contribution in [3.63, 3.8) is 0 Å². The zero-order valence-corrected chi connectivity index (χ0v) is 37.1. The molecule has 1 heterocycles. The van der Waals surface area contributed by atoms with Crippen molar-refractivity contribution in [1.29, 1.82) is 0 Å². The summed E-state index contributed by atoms with van der Waals surface area (Å²) in [7, 11) is -1.94. The summed E-state index contributed by atoms with van der Waals surface area (Å²) in [5, 5.41) is 13.8. The van der Waals surface area contributed by atoms with E-state index in [-0.39, 0.29) is 27.2 Å². The van der Waals surface area contributed by atoms with E-state index >= 15 is 0 Å². The highest BCUT2D eigenvalue weighted by Crippen LogP contribution is 2.76. The number of nitrogens with one attached hydrogen (secondary N) is 1. The minimum atomic E-state index is -3.53. The Kier molecular flexibility index (Phi) is 10.7. The maximum atomic E-state index is 13.4. The number of hydrogen-bond acceptors (Lipinski definition) is 6. The number of carbonyl (C=O) groups is 1. The lowest BCUT2D eigenvalue weighted by molar-refractivity contribution is -0.219. The standard InChI is InChI=1S/C49H69N3O5S/c1-33(2)38-19-24-49(50-27-28-51-29-31-52(32-30-51)58(55,56)37-15-13-36(57-8)14-16-37)26-25-47(6)40(43(38)49)17-18-42-46(5)22-20-39(34-9-11-35(12-10-34)44(53)54)45(3,4)41(46)21-23-48(42,47)7/h9-16,20,38,40-43,50H,1,17-19,21-32H2,2-8H3,(H,53,54)/t38-,40+,41?,42?,43?,46-,47+,48+,49-/m0/s1. The fourth-order valence-electron chi connectivity index (χ4n) is 14.9. The van der Waals surface area contributed by atoms with Crippen molar-refractivity contribution >= 4 is 21.6 Å². The molecule has 316 valence electrons. The first kappa shape index (κ1) is 41.7. The monoisotopic (exact) mass is 811 g/mol. The van der Waals surface area contributed by atoms with Crippen LogP contribution in [0.15, 0.2) is 71.7 Å². The van der Waals surface area contributed by atoms with Crippen LogP contribution < -0.4 is 10.1 Å². The third-order valence-corrected chi connectivity index (χ3v) is 19.9. The first-order valence-electron chi connectivity index (χ1n) is 22.2. The predicted octanol–water partition coefficient (Wildman–Crippen LogP) is 9.39. The number of sulfonamides is 1. The molecule has 2 N–H and O–H groups in total. The Bertz CT molecular complexity index is 2040. The van der Waals surface area contributed by atoms with Gasteiger partial charge in [-0.2, -0.15) is 4.31 Å². The smallest absolute Gasteiger partial charge is 0.335 e. The summed E-state index contributed by atoms with van der Waals surface area (Å²) < 4.78 is 33.7. The van der Waals surface area contributed by atoms with E-state index in [1.54, 1.807) is 47.8 Å². The zero-order valence-electron chi connectivity index (χ0n) is 36.3. The number of rotatable bonds is 10. The van der Waals surface area contributed by atoms with Gasteiger partial charge in [0.05, 0.1) is 17.6 Å². The van der Waals surface area contributed by atoms with Crippen LogP contribution in [0.3, 0.4) is 0 Å². The van der Waals surface area contributed by atoms with E-state index < -0.39 is 16.0 Å². The number of nitrogens with zero attached hydrogens (tertiary/aromatic N) is 2. The molecule has 2 aromatic rings. The molecular weight excluding hydrogens is 743 g/mol. The molecule has 5 fully saturated rings. The van der Waals surface area contributed by atoms with Gasteiger partial charge in [0, 0.05) is 44.8 Å². The molecule has 9 atom stereocenters. The van der Waals surface area contributed by atoms with Gasteiger partial charge in [-0.25, -0.2) is 13.2 Å². The molecule has 2 aromatic carbocycles. The van der Waals surface area contributed by atoms with Gasteiger partial charge in [0.15, 0.2) is 0 Å². The van der Waals surface area contributed by atoms with Crippen LogP contribution in [-0.2, 0) is 10.0 Å². The molecule has 0 aromatic heterocycles. The first-order chi connectivity index (χ1) is 27.4. The van der Waals surface area contributed by atoms with E-state index in [4.69, 9.17) is 4.74 Å². The van der Waals surface area contributed by atoms with Gasteiger partial charge in [0.2, 0.25) is 10.0 Å². The second-order valence-electron chi connectivity index (χ2n) is 20.6. The third-order valence-electron chi connectivity index (χ3n) is 18.0. The number of allylic oxidation sites excluding steroid dienone is 3. The highest BCUT2D eigenvalue weighted by Gasteiger charge is 2.70. The average molecular weight is 812 g/mol. The number of piperazine rings is 1. The highest BCUT2D eigenvalue weighted by molar-refractivity contribution is 7.89. The van der Waals surface area contributed by atoms with Gasteiger partial charge in [-0.3, -0.25) is 4.90 Å². The van der Waals surface area contributed by atoms with E-state index in [1.165, 1.54) is 68.1 Å². The number of ether oxygens (including phenoxy) is 1. The molecule has 0 amide bonds. The summed E-state index contributed by atoms with van der Waals surface area (Å²) in [5.74, 6) is 2.79. The second-order valence-corrected chi connectivity index (χ2v) is 22.6. The van der Waals surface area contributed by atoms with Crippen LogP contribution in [0.2, 0.25) is 0 Å². The lowest BCUT2D eigenvalue weighted by Gasteiger charge is -2.72. The fraction of sp³-hybridized carbons (Fsp3) is 0.653. The van der Waals surface area contributed by atoms with Gasteiger partial charge in [-0.05, 0) is 163 Å². The molecule has 1 saturated heterocycles. The predicted molar refractivity (Wildman–Crippen MR) is 232 cm³/mol. The van der Waals surface area contributed by atoms with Crippen LogP contribution in [0, 0.1) is 51.2 Å². The Morgan fingerprint density at radius 1 is 0.862 bits per heavy atom. The Hall–Kier alpha value is -2.98. The van der Waals surface area contributed by atoms with Crippen molar-refractivity contribution in [2.24, 2.45) is 51.2 Å². The Labute approximate surface area is 348 Å². The number of benzene rings is 2. The summed E-state index contributed by atoms with van der Waals surface area (Å²) >= 11 is 0. The number of carboxylic acid groups (broad SMARTS) is 1. The molecule has 58 heavy (non-hydrogen) atoms. The zero-order chi connectivity index (χ0) is 41.5. The second kappa shape index (κ2) is 14.9. The maximum Gasteiger partial charge on any atom is 0.335 e. The van der Waals surface area contributed by atoms with Gasteiger partial charge < -0.3 is 15.2 Å². The van der Waals surface area contributed by atoms with E-state index in [0.29, 0.717) is 58.9 Å². The molecule has 6 aliphatic rings. The van der Waals surface area contributed by atoms with E-state index in [1.807, 2.05) is 12.1 Å². The molecule has 8 nitrogen and oxygen atoms in total. The molecule has 0 radical (unpaired) electrons. The molecule has 9 heteroatoms. The average Bonchev–Trinajstić information content (AvgIpc) is 3.58. The third kappa shape index (κ3) is 6.46. The first-order valence-corrected chi connectivity index (χ1v) is 23.7. The quantitative estimate of drug-likeness (QED) is 0.231. The topological polar surface area (TPSA) is 99.2 Å². The molecular formula is C49H69N3O5S. The molecule has 0 spiro atoms. The summed E-state index contributed by atoms with van der Waals surface area (Å²) in [6.07, 6.45) is 13.6. The number of methoxy groups -OCH3 is 1. The van der Waals surface area contributed by atoms with Crippen LogP contribution in [-0.4, -0.2) is 80.6 Å². The molecule has 3 unspecified atom stereocenters. The van der Waals surface area contributed by atoms with Crippen LogP contribution >= 0.6 is 0 Å². The van der Waals surface area contributed by atoms with Crippen LogP contribution in [0.1, 0.15) is 115 Å². The van der Waals surface area contributed by atoms with Crippen molar-refractivity contribution in [2.45, 2.75) is 110 Å². The summed E-state index contributed by atoms with van der Waals surface area (Å²) in [5.41, 5.74) is 5.11. The van der Waals surface area contributed by atoms with Crippen molar-refractivity contribution in [3.05, 3.63) is 77.9 Å². The minimum Gasteiger partial charge on any atom is -0.497 e. The number of aromatic carboxylic acids is 1. The largest absolute Gasteiger partial charge is 0.497 e. The van der Waals surface area contributed by atoms with Crippen molar-refractivity contribution in [2.75, 3.05) is 46.4 Å². The van der Waals surface area contributed by atoms with E-state index in [2.05, 4.69) is 64.4 Å². The fourth-order valence-corrected chi connectivity index (χ4v) is 16.3. The number of fused-ring (bicyclic) bond motifs is 7. The van der Waals surface area contributed by atoms with E-state index in [0.717, 1.165) is 32.6 Å². The molecule has 1 aliphatic heterocycles. The highest BCUT2D eigenvalue weighted by atomic mass is 32.2. The van der Waals surface area contributed by atoms with Crippen molar-refractivity contribution in [3.8, 4) is 5.75 Å². The minimum absolute atomic E-state index is 0.00357. The Balaban J connectivity index is 0.969. The molecule has 8 rings (SSSR count). The summed E-state index contributed by atoms with van der Waals surface area (Å²) in [6.45, 7) is 24.3. The van der Waals surface area contributed by atoms with Crippen molar-refractivity contribution in [1.82, 2.24) is 14.5 Å². The Morgan fingerprint density at radius 2 is 1.55 bits per heavy atom. The molecule has 0 bridgehead atoms. The molecule has 5 aliphatic carbocycles. The van der Waals surface area contributed by atoms with Crippen molar-refractivity contribution < 1.29 is 23.1 Å². The number of hydrogen-bond donors (Lipinski definition) is 2. The van der Waals surface area contributed by atoms with Crippen LogP contribution in [0.25, 0.3) is 5.57 Å². The normalized spacial score (nSPS) is 37.4. The van der Waals surface area contributed by atoms with Gasteiger partial charge in [0.1, 0.15) is 5.75 Å². The summed E-state index contributed by atoms with van der Waals surface area (Å²) in [4.78, 5) is 14.4. The molecule has 4 saturated carbocycles. The lowest BCUT2D eigenvalue weighted by atomic mass is 9.33. The van der Waals surface area contributed by atoms with Crippen LogP contribution in [0.4, 0.5) is 0 Å². The maximum absolute atomic E-state index is 13.4. The number of carboxylic acids is 1. The van der Waals surface area contributed by atoms with E-state index in [9.17, 15) is 18.3 Å². The summed E-state index contributed by atoms with van der Waals surface area (Å²) in [6, 6.07) is 14.3. The van der Waals surface area contributed by atoms with Gasteiger partial charge in [0.25, 0.3) is 0 Å². The Morgan fingerprint density at radius 3 is 2.19 bits per heavy atom. The van der Waals surface area contributed by atoms with Gasteiger partial charge in [-0.15, -0.1) is 0 Å². The SMILES string of the molecule is C=C(C)[C@@H]1CC[C@]2(NCCN3CCN(S(=O)(=O)c4ccc(OC)cc4)CC3)CC[C@]3(C)[C@H](CCC4[C@@]5(C)CC=C(c6ccc(C(=O)O)cc6)C(C)(C)C5CC[C@]43C)C12. The lowest BCUT2D eigenvalue weighted by Crippen LogP contribution is -2.68. The van der Waals surface area contributed by atoms with Crippen LogP contribution in [0.5, 0.6) is 5.75 Å². The van der Waals surface area contributed by atoms with Gasteiger partial charge >= 0.3 is 5.97 Å². The van der Waals surface area contributed by atoms with Gasteiger partial charge in [-0.1, -0.05) is 65.0 Å².